The lowest BCUT2D eigenvalue weighted by Gasteiger charge is -2.03. The number of hydrogen-bond donors (Lipinski definition) is 1. The molecule has 0 fully saturated rings. The average Bonchev–Trinajstić information content (AvgIpc) is 2.85. The van der Waals surface area contributed by atoms with E-state index in [-0.39, 0.29) is 0 Å². The molecule has 0 spiro atoms. The first kappa shape index (κ1) is 7.98. The zero-order valence-electron chi connectivity index (χ0n) is 7.62. The summed E-state index contributed by atoms with van der Waals surface area (Å²) in [5, 5.41) is 11.0. The highest BCUT2D eigenvalue weighted by atomic mass is 15.3. The van der Waals surface area contributed by atoms with Crippen molar-refractivity contribution in [2.45, 2.75) is 0 Å². The van der Waals surface area contributed by atoms with E-state index in [2.05, 4.69) is 30.5 Å². The number of hydrogen-bond acceptors (Lipinski definition) is 6. The van der Waals surface area contributed by atoms with Gasteiger partial charge in [-0.25, -0.2) is 9.97 Å². The lowest BCUT2D eigenvalue weighted by Crippen LogP contribution is -2.16. The zero-order chi connectivity index (χ0) is 10.1. The van der Waals surface area contributed by atoms with Crippen molar-refractivity contribution >= 4 is 23.6 Å². The topological polar surface area (TPSA) is 74.9 Å². The molecule has 2 aliphatic rings. The molecular formula is C9H6N6. The Balaban J connectivity index is 1.83. The van der Waals surface area contributed by atoms with Crippen LogP contribution in [0.5, 0.6) is 0 Å². The van der Waals surface area contributed by atoms with Gasteiger partial charge in [-0.2, -0.15) is 0 Å². The molecule has 1 aromatic heterocycles. The first-order chi connectivity index (χ1) is 7.43. The van der Waals surface area contributed by atoms with Crippen LogP contribution in [0.25, 0.3) is 0 Å². The summed E-state index contributed by atoms with van der Waals surface area (Å²) in [5.41, 5.74) is 1.68. The van der Waals surface area contributed by atoms with Gasteiger partial charge >= 0.3 is 0 Å². The predicted molar refractivity (Wildman–Crippen MR) is 57.1 cm³/mol. The van der Waals surface area contributed by atoms with Crippen molar-refractivity contribution in [3.05, 3.63) is 30.4 Å². The molecule has 1 aromatic rings. The number of nitrogens with one attached hydrogen (secondary N) is 1. The van der Waals surface area contributed by atoms with Crippen LogP contribution in [-0.4, -0.2) is 27.7 Å². The lowest BCUT2D eigenvalue weighted by atomic mass is 10.2. The molecule has 0 radical (unpaired) electrons. The minimum absolute atomic E-state index is 0.668. The molecule has 0 aliphatic carbocycles. The minimum atomic E-state index is 0.668. The summed E-state index contributed by atoms with van der Waals surface area (Å²) in [4.78, 5) is 11.9. The number of aliphatic imine (C=N–C) groups is 1. The van der Waals surface area contributed by atoms with E-state index in [1.807, 2.05) is 0 Å². The Bertz CT molecular complexity index is 511. The molecule has 6 heteroatoms. The maximum Gasteiger partial charge on any atom is 0.165 e. The van der Waals surface area contributed by atoms with Crippen LogP contribution >= 0.6 is 0 Å². The number of rotatable bonds is 1. The van der Waals surface area contributed by atoms with Gasteiger partial charge in [0.1, 0.15) is 17.9 Å². The molecule has 0 saturated heterocycles. The van der Waals surface area contributed by atoms with Gasteiger partial charge in [-0.15, -0.1) is 10.2 Å². The molecule has 3 heterocycles. The van der Waals surface area contributed by atoms with Gasteiger partial charge in [0.05, 0.1) is 11.8 Å². The van der Waals surface area contributed by atoms with E-state index in [0.717, 1.165) is 11.3 Å². The van der Waals surface area contributed by atoms with Gasteiger partial charge in [0.15, 0.2) is 5.84 Å². The summed E-state index contributed by atoms with van der Waals surface area (Å²) in [7, 11) is 0. The van der Waals surface area contributed by atoms with Gasteiger partial charge < -0.3 is 5.32 Å². The standard InChI is InChI=1S/C9H6N6/c1-2-10-5-12-8(1)13-9-6-3-11-4-7(6)14-15-9/h1-5H,(H,10,12,13,15). The first-order valence-electron chi connectivity index (χ1n) is 4.36. The Morgan fingerprint density at radius 2 is 2.20 bits per heavy atom. The number of amidine groups is 1. The largest absolute Gasteiger partial charge is 0.323 e. The quantitative estimate of drug-likeness (QED) is 0.718. The maximum atomic E-state index is 4.03. The fraction of sp³-hybridized carbons (Fsp3) is 0. The summed E-state index contributed by atoms with van der Waals surface area (Å²) in [6.45, 7) is 0. The van der Waals surface area contributed by atoms with Crippen molar-refractivity contribution in [2.24, 2.45) is 15.2 Å². The van der Waals surface area contributed by atoms with Gasteiger partial charge in [-0.3, -0.25) is 4.99 Å². The Labute approximate surface area is 85.2 Å². The predicted octanol–water partition coefficient (Wildman–Crippen LogP) is 0.625. The molecular weight excluding hydrogens is 192 g/mol. The SMILES string of the molecule is C1=NC=C2C1=NN=C2Nc1ccncn1. The minimum Gasteiger partial charge on any atom is -0.323 e. The molecule has 0 bridgehead atoms. The normalized spacial score (nSPS) is 16.9. The fourth-order valence-corrected chi connectivity index (χ4v) is 1.32. The molecule has 0 atom stereocenters. The highest BCUT2D eigenvalue weighted by Crippen LogP contribution is 2.15. The molecule has 15 heavy (non-hydrogen) atoms. The summed E-state index contributed by atoms with van der Waals surface area (Å²) in [6.07, 6.45) is 6.53. The van der Waals surface area contributed by atoms with Gasteiger partial charge in [-0.05, 0) is 6.07 Å². The van der Waals surface area contributed by atoms with Crippen LogP contribution < -0.4 is 5.32 Å². The number of aromatic nitrogens is 2. The zero-order valence-corrected chi connectivity index (χ0v) is 7.62. The average molecular weight is 198 g/mol. The van der Waals surface area contributed by atoms with Crippen molar-refractivity contribution in [2.75, 3.05) is 5.32 Å². The highest BCUT2D eigenvalue weighted by Gasteiger charge is 2.21. The highest BCUT2D eigenvalue weighted by molar-refractivity contribution is 6.50. The molecule has 1 N–H and O–H groups in total. The molecule has 72 valence electrons. The van der Waals surface area contributed by atoms with Crippen molar-refractivity contribution < 1.29 is 0 Å². The Morgan fingerprint density at radius 1 is 1.20 bits per heavy atom. The van der Waals surface area contributed by atoms with E-state index in [1.54, 1.807) is 24.7 Å². The van der Waals surface area contributed by atoms with Gasteiger partial charge in [0, 0.05) is 12.4 Å². The van der Waals surface area contributed by atoms with Crippen molar-refractivity contribution in [1.82, 2.24) is 9.97 Å². The second-order valence-electron chi connectivity index (χ2n) is 2.97. The van der Waals surface area contributed by atoms with Crippen LogP contribution in [0.2, 0.25) is 0 Å². The van der Waals surface area contributed by atoms with Crippen LogP contribution in [0.4, 0.5) is 5.82 Å². The van der Waals surface area contributed by atoms with E-state index in [4.69, 9.17) is 0 Å². The maximum absolute atomic E-state index is 4.03. The second-order valence-corrected chi connectivity index (χ2v) is 2.97. The number of anilines is 1. The third-order valence-corrected chi connectivity index (χ3v) is 2.02. The Morgan fingerprint density at radius 3 is 3.07 bits per heavy atom. The molecule has 0 saturated carbocycles. The summed E-state index contributed by atoms with van der Waals surface area (Å²) in [5.74, 6) is 1.36. The number of nitrogens with zero attached hydrogens (tertiary/aromatic N) is 5. The van der Waals surface area contributed by atoms with Crippen LogP contribution in [0, 0.1) is 0 Å². The summed E-state index contributed by atoms with van der Waals surface area (Å²) in [6, 6.07) is 1.76. The van der Waals surface area contributed by atoms with Crippen LogP contribution in [0.3, 0.4) is 0 Å². The van der Waals surface area contributed by atoms with Crippen LogP contribution in [-0.2, 0) is 0 Å². The molecule has 0 amide bonds. The molecule has 3 rings (SSSR count). The first-order valence-corrected chi connectivity index (χ1v) is 4.36. The smallest absolute Gasteiger partial charge is 0.165 e. The van der Waals surface area contributed by atoms with Crippen LogP contribution in [0.15, 0.2) is 45.6 Å². The summed E-state index contributed by atoms with van der Waals surface area (Å²) >= 11 is 0. The van der Waals surface area contributed by atoms with E-state index < -0.39 is 0 Å². The third-order valence-electron chi connectivity index (χ3n) is 2.02. The van der Waals surface area contributed by atoms with E-state index in [0.29, 0.717) is 11.7 Å². The van der Waals surface area contributed by atoms with Crippen molar-refractivity contribution in [3.8, 4) is 0 Å². The van der Waals surface area contributed by atoms with Gasteiger partial charge in [0.2, 0.25) is 0 Å². The molecule has 6 nitrogen and oxygen atoms in total. The summed E-state index contributed by atoms with van der Waals surface area (Å²) < 4.78 is 0. The fourth-order valence-electron chi connectivity index (χ4n) is 1.32. The lowest BCUT2D eigenvalue weighted by molar-refractivity contribution is 1.17. The van der Waals surface area contributed by atoms with E-state index in [1.165, 1.54) is 6.33 Å². The van der Waals surface area contributed by atoms with E-state index >= 15 is 0 Å². The van der Waals surface area contributed by atoms with Crippen molar-refractivity contribution in [1.29, 1.82) is 0 Å². The van der Waals surface area contributed by atoms with Gasteiger partial charge in [-0.1, -0.05) is 0 Å². The second kappa shape index (κ2) is 3.09. The molecule has 0 unspecified atom stereocenters. The van der Waals surface area contributed by atoms with Crippen molar-refractivity contribution in [3.63, 3.8) is 0 Å². The Hall–Kier alpha value is -2.37. The molecule has 2 aliphatic heterocycles. The molecule has 0 aromatic carbocycles. The van der Waals surface area contributed by atoms with Crippen LogP contribution in [0.1, 0.15) is 0 Å². The third kappa shape index (κ3) is 1.32. The Kier molecular flexibility index (Phi) is 1.64. The van der Waals surface area contributed by atoms with E-state index in [9.17, 15) is 0 Å². The van der Waals surface area contributed by atoms with Gasteiger partial charge in [0.25, 0.3) is 0 Å². The number of fused-ring (bicyclic) bond motifs is 1. The monoisotopic (exact) mass is 198 g/mol.